The van der Waals surface area contributed by atoms with E-state index in [1.165, 1.54) is 54.9 Å². The van der Waals surface area contributed by atoms with Gasteiger partial charge in [-0.15, -0.1) is 0 Å². The van der Waals surface area contributed by atoms with Crippen LogP contribution in [-0.4, -0.2) is 0 Å². The minimum absolute atomic E-state index is 1.24. The Morgan fingerprint density at radius 3 is 1.31 bits per heavy atom. The van der Waals surface area contributed by atoms with Crippen molar-refractivity contribution < 1.29 is 0 Å². The lowest BCUT2D eigenvalue weighted by atomic mass is 9.83. The first-order chi connectivity index (χ1) is 15.9. The summed E-state index contributed by atoms with van der Waals surface area (Å²) in [5.74, 6) is 0. The fourth-order valence-electron chi connectivity index (χ4n) is 4.91. The van der Waals surface area contributed by atoms with E-state index in [4.69, 9.17) is 0 Å². The van der Waals surface area contributed by atoms with Crippen LogP contribution in [-0.2, 0) is 0 Å². The molecule has 0 saturated heterocycles. The molecule has 0 spiro atoms. The minimum atomic E-state index is 1.24. The van der Waals surface area contributed by atoms with E-state index in [0.717, 1.165) is 0 Å². The van der Waals surface area contributed by atoms with Gasteiger partial charge in [0.1, 0.15) is 0 Å². The third-order valence-electron chi connectivity index (χ3n) is 6.26. The Kier molecular flexibility index (Phi) is 4.55. The van der Waals surface area contributed by atoms with Crippen molar-refractivity contribution in [2.24, 2.45) is 0 Å². The standard InChI is InChI=1S/C32H22/c1-4-13-23(14-5-1)26-21-12-22-29-30(24-15-6-2-7-16-24)27-19-10-11-20-28(27)31(32(26)29)25-17-8-3-9-18-25/h1-22H. The Labute approximate surface area is 188 Å². The molecule has 0 amide bonds. The van der Waals surface area contributed by atoms with E-state index in [9.17, 15) is 0 Å². The van der Waals surface area contributed by atoms with Crippen LogP contribution in [0.3, 0.4) is 0 Å². The van der Waals surface area contributed by atoms with Crippen molar-refractivity contribution in [3.05, 3.63) is 133 Å². The molecule has 0 unspecified atom stereocenters. The first kappa shape index (κ1) is 18.6. The lowest BCUT2D eigenvalue weighted by Gasteiger charge is -2.20. The Morgan fingerprint density at radius 2 is 0.719 bits per heavy atom. The van der Waals surface area contributed by atoms with E-state index >= 15 is 0 Å². The van der Waals surface area contributed by atoms with Gasteiger partial charge in [0.25, 0.3) is 0 Å². The number of benzene rings is 6. The molecule has 6 rings (SSSR count). The Morgan fingerprint density at radius 1 is 0.281 bits per heavy atom. The predicted octanol–water partition coefficient (Wildman–Crippen LogP) is 8.99. The van der Waals surface area contributed by atoms with Crippen LogP contribution >= 0.6 is 0 Å². The first-order valence-corrected chi connectivity index (χ1v) is 11.1. The highest BCUT2D eigenvalue weighted by Gasteiger charge is 2.19. The summed E-state index contributed by atoms with van der Waals surface area (Å²) in [6.07, 6.45) is 0. The third kappa shape index (κ3) is 3.01. The van der Waals surface area contributed by atoms with Gasteiger partial charge in [-0.3, -0.25) is 0 Å². The molecular weight excluding hydrogens is 384 g/mol. The molecule has 0 heterocycles. The molecule has 0 atom stereocenters. The molecule has 0 aliphatic rings. The zero-order chi connectivity index (χ0) is 21.3. The smallest absolute Gasteiger partial charge is 0.00141 e. The second kappa shape index (κ2) is 7.83. The fraction of sp³-hybridized carbons (Fsp3) is 0. The van der Waals surface area contributed by atoms with Crippen LogP contribution in [0.25, 0.3) is 54.9 Å². The largest absolute Gasteiger partial charge is 0.0622 e. The molecule has 0 aliphatic heterocycles. The van der Waals surface area contributed by atoms with Crippen molar-refractivity contribution in [1.29, 1.82) is 0 Å². The molecule has 0 heteroatoms. The van der Waals surface area contributed by atoms with Crippen molar-refractivity contribution in [2.75, 3.05) is 0 Å². The van der Waals surface area contributed by atoms with Crippen molar-refractivity contribution in [3.8, 4) is 33.4 Å². The monoisotopic (exact) mass is 406 g/mol. The minimum Gasteiger partial charge on any atom is -0.0622 e. The molecule has 0 nitrogen and oxygen atoms in total. The van der Waals surface area contributed by atoms with E-state index in [-0.39, 0.29) is 0 Å². The highest BCUT2D eigenvalue weighted by atomic mass is 14.2. The molecule has 0 bridgehead atoms. The normalized spacial score (nSPS) is 11.1. The molecule has 6 aromatic rings. The van der Waals surface area contributed by atoms with Gasteiger partial charge in [-0.05, 0) is 54.9 Å². The van der Waals surface area contributed by atoms with E-state index in [0.29, 0.717) is 0 Å². The topological polar surface area (TPSA) is 0 Å². The Balaban J connectivity index is 1.88. The summed E-state index contributed by atoms with van der Waals surface area (Å²) in [6.45, 7) is 0. The van der Waals surface area contributed by atoms with Gasteiger partial charge in [0.15, 0.2) is 0 Å². The maximum absolute atomic E-state index is 2.28. The summed E-state index contributed by atoms with van der Waals surface area (Å²) < 4.78 is 0. The number of hydrogen-bond donors (Lipinski definition) is 0. The summed E-state index contributed by atoms with van der Waals surface area (Å²) in [6, 6.07) is 47.9. The number of fused-ring (bicyclic) bond motifs is 2. The molecule has 0 N–H and O–H groups in total. The van der Waals surface area contributed by atoms with E-state index in [1.807, 2.05) is 0 Å². The van der Waals surface area contributed by atoms with Gasteiger partial charge in [-0.25, -0.2) is 0 Å². The third-order valence-corrected chi connectivity index (χ3v) is 6.26. The summed E-state index contributed by atoms with van der Waals surface area (Å²) in [7, 11) is 0. The molecule has 32 heavy (non-hydrogen) atoms. The van der Waals surface area contributed by atoms with Crippen LogP contribution in [0.2, 0.25) is 0 Å². The summed E-state index contributed by atoms with van der Waals surface area (Å²) >= 11 is 0. The number of hydrogen-bond acceptors (Lipinski definition) is 0. The quantitative estimate of drug-likeness (QED) is 0.257. The first-order valence-electron chi connectivity index (χ1n) is 11.1. The van der Waals surface area contributed by atoms with Crippen LogP contribution in [0.15, 0.2) is 133 Å². The van der Waals surface area contributed by atoms with Crippen molar-refractivity contribution in [3.63, 3.8) is 0 Å². The van der Waals surface area contributed by atoms with Gasteiger partial charge in [0.2, 0.25) is 0 Å². The average Bonchev–Trinajstić information content (AvgIpc) is 2.88. The van der Waals surface area contributed by atoms with Crippen molar-refractivity contribution >= 4 is 21.5 Å². The van der Waals surface area contributed by atoms with Gasteiger partial charge in [-0.2, -0.15) is 0 Å². The van der Waals surface area contributed by atoms with E-state index < -0.39 is 0 Å². The van der Waals surface area contributed by atoms with Gasteiger partial charge in [0.05, 0.1) is 0 Å². The van der Waals surface area contributed by atoms with Crippen LogP contribution in [0.1, 0.15) is 0 Å². The lowest BCUT2D eigenvalue weighted by molar-refractivity contribution is 1.63. The van der Waals surface area contributed by atoms with Gasteiger partial charge in [0, 0.05) is 0 Å². The molecule has 6 aromatic carbocycles. The molecule has 0 aromatic heterocycles. The van der Waals surface area contributed by atoms with Crippen LogP contribution < -0.4 is 0 Å². The molecule has 0 radical (unpaired) electrons. The van der Waals surface area contributed by atoms with Crippen molar-refractivity contribution in [1.82, 2.24) is 0 Å². The number of rotatable bonds is 3. The molecule has 0 fully saturated rings. The second-order valence-corrected chi connectivity index (χ2v) is 8.12. The molecule has 150 valence electrons. The highest BCUT2D eigenvalue weighted by molar-refractivity contribution is 6.24. The molecular formula is C32H22. The summed E-state index contributed by atoms with van der Waals surface area (Å²) in [5, 5.41) is 5.17. The summed E-state index contributed by atoms with van der Waals surface area (Å²) in [4.78, 5) is 0. The highest BCUT2D eigenvalue weighted by Crippen LogP contribution is 2.46. The van der Waals surface area contributed by atoms with Gasteiger partial charge in [-0.1, -0.05) is 133 Å². The Bertz CT molecular complexity index is 1530. The SMILES string of the molecule is c1ccc(-c2c3ccccc3c(-c3ccccc3)c3c(-c4ccccc4)cccc23)cc1. The van der Waals surface area contributed by atoms with E-state index in [1.54, 1.807) is 0 Å². The van der Waals surface area contributed by atoms with Gasteiger partial charge < -0.3 is 0 Å². The molecule has 0 saturated carbocycles. The molecule has 0 aliphatic carbocycles. The van der Waals surface area contributed by atoms with Gasteiger partial charge >= 0.3 is 0 Å². The Hall–Kier alpha value is -4.16. The average molecular weight is 407 g/mol. The lowest BCUT2D eigenvalue weighted by Crippen LogP contribution is -1.93. The van der Waals surface area contributed by atoms with E-state index in [2.05, 4.69) is 133 Å². The maximum Gasteiger partial charge on any atom is -0.00141 e. The zero-order valence-electron chi connectivity index (χ0n) is 17.7. The van der Waals surface area contributed by atoms with Crippen LogP contribution in [0.4, 0.5) is 0 Å². The van der Waals surface area contributed by atoms with Crippen LogP contribution in [0.5, 0.6) is 0 Å². The van der Waals surface area contributed by atoms with Crippen molar-refractivity contribution in [2.45, 2.75) is 0 Å². The predicted molar refractivity (Wildman–Crippen MR) is 138 cm³/mol. The maximum atomic E-state index is 2.28. The van der Waals surface area contributed by atoms with Crippen LogP contribution in [0, 0.1) is 0 Å². The second-order valence-electron chi connectivity index (χ2n) is 8.12. The fourth-order valence-corrected chi connectivity index (χ4v) is 4.91. The summed E-state index contributed by atoms with van der Waals surface area (Å²) in [5.41, 5.74) is 7.61. The zero-order valence-corrected chi connectivity index (χ0v) is 17.7.